The summed E-state index contributed by atoms with van der Waals surface area (Å²) in [7, 11) is 0. The van der Waals surface area contributed by atoms with E-state index in [1.165, 1.54) is 11.3 Å². The molecule has 3 aromatic rings. The van der Waals surface area contributed by atoms with E-state index in [0.717, 1.165) is 11.3 Å². The molecule has 0 radical (unpaired) electrons. The minimum Gasteiger partial charge on any atom is -0.301 e. The van der Waals surface area contributed by atoms with Gasteiger partial charge in [-0.1, -0.05) is 48.5 Å². The lowest BCUT2D eigenvalue weighted by Crippen LogP contribution is -2.19. The van der Waals surface area contributed by atoms with Crippen LogP contribution in [0.1, 0.15) is 40.0 Å². The summed E-state index contributed by atoms with van der Waals surface area (Å²) in [5.41, 5.74) is 2.89. The van der Waals surface area contributed by atoms with Crippen LogP contribution in [0.15, 0.2) is 60.0 Å². The third kappa shape index (κ3) is 4.00. The van der Waals surface area contributed by atoms with Gasteiger partial charge in [0.2, 0.25) is 5.91 Å². The monoisotopic (exact) mass is 350 g/mol. The van der Waals surface area contributed by atoms with Crippen molar-refractivity contribution in [2.24, 2.45) is 0 Å². The number of anilines is 1. The van der Waals surface area contributed by atoms with E-state index in [2.05, 4.69) is 10.3 Å². The van der Waals surface area contributed by atoms with Crippen LogP contribution in [0, 0.1) is 6.92 Å². The molecule has 4 nitrogen and oxygen atoms in total. The number of nitrogens with one attached hydrogen (secondary N) is 1. The highest BCUT2D eigenvalue weighted by molar-refractivity contribution is 7.13. The molecular formula is C20H18N2O2S. The molecule has 0 spiro atoms. The number of amides is 1. The van der Waals surface area contributed by atoms with Gasteiger partial charge in [0.15, 0.2) is 10.9 Å². The molecule has 1 unspecified atom stereocenters. The van der Waals surface area contributed by atoms with Gasteiger partial charge < -0.3 is 5.32 Å². The van der Waals surface area contributed by atoms with Crippen molar-refractivity contribution in [3.63, 3.8) is 0 Å². The summed E-state index contributed by atoms with van der Waals surface area (Å²) in [5, 5.41) is 5.30. The number of aromatic nitrogens is 1. The van der Waals surface area contributed by atoms with Crippen molar-refractivity contribution in [3.8, 4) is 0 Å². The maximum Gasteiger partial charge on any atom is 0.233 e. The molecule has 1 atom stereocenters. The quantitative estimate of drug-likeness (QED) is 0.693. The predicted molar refractivity (Wildman–Crippen MR) is 100 cm³/mol. The van der Waals surface area contributed by atoms with Crippen LogP contribution in [-0.4, -0.2) is 16.7 Å². The normalized spacial score (nSPS) is 11.8. The largest absolute Gasteiger partial charge is 0.301 e. The predicted octanol–water partition coefficient (Wildman–Crippen LogP) is 4.42. The maximum absolute atomic E-state index is 12.6. The molecule has 0 aliphatic heterocycles. The first-order chi connectivity index (χ1) is 12.0. The van der Waals surface area contributed by atoms with Crippen molar-refractivity contribution >= 4 is 28.2 Å². The molecule has 0 saturated carbocycles. The van der Waals surface area contributed by atoms with Gasteiger partial charge in [0.25, 0.3) is 0 Å². The molecule has 0 aliphatic carbocycles. The smallest absolute Gasteiger partial charge is 0.233 e. The fourth-order valence-corrected chi connectivity index (χ4v) is 3.17. The second kappa shape index (κ2) is 7.40. The molecule has 1 aromatic heterocycles. The summed E-state index contributed by atoms with van der Waals surface area (Å²) in [5.74, 6) is -0.572. The molecule has 0 bridgehead atoms. The molecule has 0 fully saturated rings. The standard InChI is InChI=1S/C20H18N2O2S/c1-13-12-25-20(21-13)22-19(24)14(2)16-9-6-10-17(11-16)18(23)15-7-4-3-5-8-15/h3-12,14H,1-2H3,(H,21,22,24). The van der Waals surface area contributed by atoms with Gasteiger partial charge in [-0.2, -0.15) is 0 Å². The van der Waals surface area contributed by atoms with E-state index in [4.69, 9.17) is 0 Å². The number of carbonyl (C=O) groups is 2. The highest BCUT2D eigenvalue weighted by Crippen LogP contribution is 2.22. The molecule has 126 valence electrons. The minimum atomic E-state index is -0.382. The Morgan fingerprint density at radius 1 is 1.04 bits per heavy atom. The maximum atomic E-state index is 12.6. The fourth-order valence-electron chi connectivity index (χ4n) is 2.48. The zero-order chi connectivity index (χ0) is 17.8. The number of nitrogens with zero attached hydrogens (tertiary/aromatic N) is 1. The molecule has 5 heteroatoms. The first-order valence-electron chi connectivity index (χ1n) is 7.97. The van der Waals surface area contributed by atoms with E-state index in [0.29, 0.717) is 16.3 Å². The van der Waals surface area contributed by atoms with Gasteiger partial charge in [-0.25, -0.2) is 4.98 Å². The number of hydrogen-bond acceptors (Lipinski definition) is 4. The number of rotatable bonds is 5. The SMILES string of the molecule is Cc1csc(NC(=O)C(C)c2cccc(C(=O)c3ccccc3)c2)n1. The number of carbonyl (C=O) groups excluding carboxylic acids is 2. The first kappa shape index (κ1) is 17.0. The van der Waals surface area contributed by atoms with E-state index >= 15 is 0 Å². The molecule has 1 N–H and O–H groups in total. The Bertz CT molecular complexity index is 903. The average molecular weight is 350 g/mol. The van der Waals surface area contributed by atoms with E-state index in [9.17, 15) is 9.59 Å². The molecule has 1 amide bonds. The van der Waals surface area contributed by atoms with Crippen molar-refractivity contribution in [1.29, 1.82) is 0 Å². The first-order valence-corrected chi connectivity index (χ1v) is 8.85. The van der Waals surface area contributed by atoms with E-state index in [1.807, 2.05) is 49.6 Å². The summed E-state index contributed by atoms with van der Waals surface area (Å²) < 4.78 is 0. The number of aryl methyl sites for hydroxylation is 1. The Morgan fingerprint density at radius 2 is 1.76 bits per heavy atom. The zero-order valence-corrected chi connectivity index (χ0v) is 14.8. The third-order valence-electron chi connectivity index (χ3n) is 3.93. The second-order valence-corrected chi connectivity index (χ2v) is 6.68. The fraction of sp³-hybridized carbons (Fsp3) is 0.150. The Kier molecular flexibility index (Phi) is 5.05. The average Bonchev–Trinajstić information content (AvgIpc) is 3.06. The Hall–Kier alpha value is -2.79. The van der Waals surface area contributed by atoms with Crippen LogP contribution in [0.3, 0.4) is 0 Å². The van der Waals surface area contributed by atoms with Gasteiger partial charge in [-0.3, -0.25) is 9.59 Å². The Labute approximate surface area is 150 Å². The number of thiazole rings is 1. The van der Waals surface area contributed by atoms with Crippen LogP contribution in [0.5, 0.6) is 0 Å². The van der Waals surface area contributed by atoms with Crippen LogP contribution in [0.2, 0.25) is 0 Å². The zero-order valence-electron chi connectivity index (χ0n) is 14.0. The summed E-state index contributed by atoms with van der Waals surface area (Å²) >= 11 is 1.40. The Balaban J connectivity index is 1.78. The third-order valence-corrected chi connectivity index (χ3v) is 4.80. The number of hydrogen-bond donors (Lipinski definition) is 1. The lowest BCUT2D eigenvalue weighted by Gasteiger charge is -2.12. The van der Waals surface area contributed by atoms with Crippen molar-refractivity contribution in [2.75, 3.05) is 5.32 Å². The Morgan fingerprint density at radius 3 is 2.44 bits per heavy atom. The van der Waals surface area contributed by atoms with Crippen molar-refractivity contribution in [3.05, 3.63) is 82.4 Å². The number of benzene rings is 2. The highest BCUT2D eigenvalue weighted by atomic mass is 32.1. The van der Waals surface area contributed by atoms with Crippen molar-refractivity contribution in [1.82, 2.24) is 4.98 Å². The minimum absolute atomic E-state index is 0.0504. The van der Waals surface area contributed by atoms with Gasteiger partial charge in [0.1, 0.15) is 0 Å². The molecule has 0 aliphatic rings. The van der Waals surface area contributed by atoms with Gasteiger partial charge in [0, 0.05) is 16.5 Å². The molecular weight excluding hydrogens is 332 g/mol. The van der Waals surface area contributed by atoms with Gasteiger partial charge >= 0.3 is 0 Å². The summed E-state index contributed by atoms with van der Waals surface area (Å²) in [4.78, 5) is 29.3. The molecule has 0 saturated heterocycles. The molecule has 3 rings (SSSR count). The topological polar surface area (TPSA) is 59.1 Å². The van der Waals surface area contributed by atoms with Crippen LogP contribution < -0.4 is 5.32 Å². The number of ketones is 1. The lowest BCUT2D eigenvalue weighted by atomic mass is 9.95. The van der Waals surface area contributed by atoms with Gasteiger partial charge in [-0.05, 0) is 25.5 Å². The van der Waals surface area contributed by atoms with E-state index in [1.54, 1.807) is 24.3 Å². The summed E-state index contributed by atoms with van der Waals surface area (Å²) in [6.45, 7) is 3.70. The van der Waals surface area contributed by atoms with Gasteiger partial charge in [0.05, 0.1) is 11.6 Å². The molecule has 25 heavy (non-hydrogen) atoms. The van der Waals surface area contributed by atoms with Crippen LogP contribution in [0.4, 0.5) is 5.13 Å². The second-order valence-electron chi connectivity index (χ2n) is 5.83. The molecule has 1 heterocycles. The summed E-state index contributed by atoms with van der Waals surface area (Å²) in [6.07, 6.45) is 0. The van der Waals surface area contributed by atoms with E-state index < -0.39 is 0 Å². The van der Waals surface area contributed by atoms with Crippen LogP contribution in [-0.2, 0) is 4.79 Å². The van der Waals surface area contributed by atoms with Gasteiger partial charge in [-0.15, -0.1) is 11.3 Å². The van der Waals surface area contributed by atoms with E-state index in [-0.39, 0.29) is 17.6 Å². The highest BCUT2D eigenvalue weighted by Gasteiger charge is 2.18. The molecule has 2 aromatic carbocycles. The van der Waals surface area contributed by atoms with Crippen LogP contribution in [0.25, 0.3) is 0 Å². The van der Waals surface area contributed by atoms with Crippen molar-refractivity contribution < 1.29 is 9.59 Å². The lowest BCUT2D eigenvalue weighted by molar-refractivity contribution is -0.117. The van der Waals surface area contributed by atoms with Crippen molar-refractivity contribution in [2.45, 2.75) is 19.8 Å². The van der Waals surface area contributed by atoms with Crippen LogP contribution >= 0.6 is 11.3 Å². The summed E-state index contributed by atoms with van der Waals surface area (Å²) in [6, 6.07) is 16.3.